The fraction of sp³-hybridized carbons (Fsp3) is 0.263. The first-order valence-electron chi connectivity index (χ1n) is 7.57. The second kappa shape index (κ2) is 7.58. The van der Waals surface area contributed by atoms with E-state index < -0.39 is 11.9 Å². The zero-order chi connectivity index (χ0) is 16.8. The molecule has 0 saturated heterocycles. The van der Waals surface area contributed by atoms with Crippen LogP contribution in [0.4, 0.5) is 5.69 Å². The van der Waals surface area contributed by atoms with Gasteiger partial charge in [-0.15, -0.1) is 0 Å². The lowest BCUT2D eigenvalue weighted by Crippen LogP contribution is -2.32. The lowest BCUT2D eigenvalue weighted by atomic mass is 9.95. The average molecular weight is 310 g/mol. The van der Waals surface area contributed by atoms with Crippen LogP contribution in [-0.2, 0) is 16.0 Å². The number of anilines is 1. The Balaban J connectivity index is 2.16. The van der Waals surface area contributed by atoms with Crippen molar-refractivity contribution in [2.75, 3.05) is 5.32 Å². The van der Waals surface area contributed by atoms with E-state index in [4.69, 9.17) is 0 Å². The average Bonchev–Trinajstić information content (AvgIpc) is 2.51. The van der Waals surface area contributed by atoms with Crippen LogP contribution in [0.3, 0.4) is 0 Å². The number of nitrogens with one attached hydrogen (secondary N) is 1. The summed E-state index contributed by atoms with van der Waals surface area (Å²) in [5.74, 6) is -2.18. The van der Waals surface area contributed by atoms with Gasteiger partial charge < -0.3 is 15.2 Å². The molecule has 0 aliphatic heterocycles. The van der Waals surface area contributed by atoms with Gasteiger partial charge in [0, 0.05) is 17.6 Å². The Labute approximate surface area is 136 Å². The van der Waals surface area contributed by atoms with Gasteiger partial charge in [-0.25, -0.2) is 0 Å². The minimum Gasteiger partial charge on any atom is -0.550 e. The zero-order valence-electron chi connectivity index (χ0n) is 13.3. The van der Waals surface area contributed by atoms with Crippen molar-refractivity contribution in [1.29, 1.82) is 0 Å². The van der Waals surface area contributed by atoms with Gasteiger partial charge >= 0.3 is 0 Å². The fourth-order valence-corrected chi connectivity index (χ4v) is 2.46. The van der Waals surface area contributed by atoms with Gasteiger partial charge in [-0.1, -0.05) is 42.5 Å². The van der Waals surface area contributed by atoms with Crippen molar-refractivity contribution in [2.24, 2.45) is 5.92 Å². The molecule has 1 amide bonds. The number of rotatable bonds is 6. The number of carbonyl (C=O) groups is 2. The number of carboxylic acid groups (broad SMARTS) is 1. The molecule has 120 valence electrons. The van der Waals surface area contributed by atoms with Crippen molar-refractivity contribution < 1.29 is 14.7 Å². The maximum atomic E-state index is 12.5. The van der Waals surface area contributed by atoms with Gasteiger partial charge in [-0.05, 0) is 49.4 Å². The summed E-state index contributed by atoms with van der Waals surface area (Å²) in [5.41, 5.74) is 3.61. The van der Waals surface area contributed by atoms with Crippen molar-refractivity contribution in [1.82, 2.24) is 0 Å². The number of benzene rings is 2. The van der Waals surface area contributed by atoms with Gasteiger partial charge in [0.05, 0.1) is 0 Å². The molecule has 2 aromatic rings. The molecule has 2 aromatic carbocycles. The standard InChI is InChI=1S/C19H21NO3/c1-13-8-9-14(2)17(10-13)20-19(23)16(12-18(21)22)11-15-6-4-3-5-7-15/h3-10,16H,11-12H2,1-2H3,(H,20,23)(H,21,22)/p-1/t16-/m1/s1. The van der Waals surface area contributed by atoms with Crippen LogP contribution in [0.25, 0.3) is 0 Å². The Bertz CT molecular complexity index is 695. The molecule has 2 rings (SSSR count). The fourth-order valence-electron chi connectivity index (χ4n) is 2.46. The molecule has 1 N–H and O–H groups in total. The predicted octanol–water partition coefficient (Wildman–Crippen LogP) is 2.24. The lowest BCUT2D eigenvalue weighted by molar-refractivity contribution is -0.306. The first-order valence-corrected chi connectivity index (χ1v) is 7.57. The summed E-state index contributed by atoms with van der Waals surface area (Å²) >= 11 is 0. The quantitative estimate of drug-likeness (QED) is 0.889. The van der Waals surface area contributed by atoms with E-state index in [0.29, 0.717) is 12.1 Å². The number of hydrogen-bond acceptors (Lipinski definition) is 3. The first kappa shape index (κ1) is 16.7. The van der Waals surface area contributed by atoms with Crippen LogP contribution >= 0.6 is 0 Å². The molecule has 0 heterocycles. The van der Waals surface area contributed by atoms with Gasteiger partial charge in [-0.2, -0.15) is 0 Å². The summed E-state index contributed by atoms with van der Waals surface area (Å²) in [7, 11) is 0. The Morgan fingerprint density at radius 3 is 2.43 bits per heavy atom. The molecule has 0 aromatic heterocycles. The SMILES string of the molecule is Cc1ccc(C)c(NC(=O)[C@@H](CC(=O)[O-])Cc2ccccc2)c1. The van der Waals surface area contributed by atoms with Gasteiger partial charge in [0.25, 0.3) is 0 Å². The van der Waals surface area contributed by atoms with Gasteiger partial charge in [0.1, 0.15) is 0 Å². The maximum Gasteiger partial charge on any atom is 0.228 e. The Hall–Kier alpha value is -2.62. The van der Waals surface area contributed by atoms with Crippen LogP contribution < -0.4 is 10.4 Å². The van der Waals surface area contributed by atoms with Crippen LogP contribution in [-0.4, -0.2) is 11.9 Å². The molecular formula is C19H20NO3-. The van der Waals surface area contributed by atoms with Gasteiger partial charge in [-0.3, -0.25) is 4.79 Å². The Morgan fingerprint density at radius 2 is 1.78 bits per heavy atom. The minimum absolute atomic E-state index is 0.299. The number of aryl methyl sites for hydroxylation is 2. The van der Waals surface area contributed by atoms with Crippen LogP contribution in [0, 0.1) is 19.8 Å². The van der Waals surface area contributed by atoms with E-state index in [9.17, 15) is 14.7 Å². The Kier molecular flexibility index (Phi) is 5.52. The number of hydrogen-bond donors (Lipinski definition) is 1. The van der Waals surface area contributed by atoms with Crippen molar-refractivity contribution >= 4 is 17.6 Å². The number of carboxylic acids is 1. The predicted molar refractivity (Wildman–Crippen MR) is 87.8 cm³/mol. The maximum absolute atomic E-state index is 12.5. The number of aliphatic carboxylic acids is 1. The minimum atomic E-state index is -1.22. The largest absolute Gasteiger partial charge is 0.550 e. The normalized spacial score (nSPS) is 11.7. The summed E-state index contributed by atoms with van der Waals surface area (Å²) in [6, 6.07) is 15.2. The topological polar surface area (TPSA) is 69.2 Å². The third kappa shape index (κ3) is 4.95. The summed E-state index contributed by atoms with van der Waals surface area (Å²) in [6.07, 6.45) is 0.0666. The molecule has 4 heteroatoms. The highest BCUT2D eigenvalue weighted by atomic mass is 16.4. The smallest absolute Gasteiger partial charge is 0.228 e. The van der Waals surface area contributed by atoms with Gasteiger partial charge in [0.15, 0.2) is 0 Å². The Morgan fingerprint density at radius 1 is 1.09 bits per heavy atom. The highest BCUT2D eigenvalue weighted by Gasteiger charge is 2.20. The van der Waals surface area contributed by atoms with E-state index in [2.05, 4.69) is 5.32 Å². The van der Waals surface area contributed by atoms with E-state index in [0.717, 1.165) is 16.7 Å². The summed E-state index contributed by atoms with van der Waals surface area (Å²) in [4.78, 5) is 23.5. The van der Waals surface area contributed by atoms with Crippen molar-refractivity contribution in [2.45, 2.75) is 26.7 Å². The molecule has 1 atom stereocenters. The molecular weight excluding hydrogens is 290 g/mol. The molecule has 0 aliphatic carbocycles. The highest BCUT2D eigenvalue weighted by Crippen LogP contribution is 2.20. The van der Waals surface area contributed by atoms with E-state index >= 15 is 0 Å². The summed E-state index contributed by atoms with van der Waals surface area (Å²) in [6.45, 7) is 3.84. The number of amides is 1. The molecule has 0 radical (unpaired) electrons. The van der Waals surface area contributed by atoms with E-state index in [1.807, 2.05) is 62.4 Å². The molecule has 0 aliphatic rings. The third-order valence-electron chi connectivity index (χ3n) is 3.76. The van der Waals surface area contributed by atoms with Crippen molar-refractivity contribution in [3.63, 3.8) is 0 Å². The lowest BCUT2D eigenvalue weighted by Gasteiger charge is -2.18. The van der Waals surface area contributed by atoms with Crippen molar-refractivity contribution in [3.05, 3.63) is 65.2 Å². The van der Waals surface area contributed by atoms with E-state index in [1.165, 1.54) is 0 Å². The molecule has 0 bridgehead atoms. The molecule has 4 nitrogen and oxygen atoms in total. The molecule has 0 unspecified atom stereocenters. The molecule has 0 saturated carbocycles. The van der Waals surface area contributed by atoms with Crippen LogP contribution in [0.1, 0.15) is 23.1 Å². The van der Waals surface area contributed by atoms with Crippen molar-refractivity contribution in [3.8, 4) is 0 Å². The third-order valence-corrected chi connectivity index (χ3v) is 3.76. The second-order valence-corrected chi connectivity index (χ2v) is 5.77. The highest BCUT2D eigenvalue weighted by molar-refractivity contribution is 5.95. The van der Waals surface area contributed by atoms with E-state index in [1.54, 1.807) is 0 Å². The summed E-state index contributed by atoms with van der Waals surface area (Å²) in [5, 5.41) is 13.8. The summed E-state index contributed by atoms with van der Waals surface area (Å²) < 4.78 is 0. The zero-order valence-corrected chi connectivity index (χ0v) is 13.3. The van der Waals surface area contributed by atoms with Gasteiger partial charge in [0.2, 0.25) is 5.91 Å². The monoisotopic (exact) mass is 310 g/mol. The molecule has 0 spiro atoms. The first-order chi connectivity index (χ1) is 11.0. The molecule has 0 fully saturated rings. The van der Waals surface area contributed by atoms with Crippen LogP contribution in [0.2, 0.25) is 0 Å². The number of carbonyl (C=O) groups excluding carboxylic acids is 2. The van der Waals surface area contributed by atoms with Crippen LogP contribution in [0.5, 0.6) is 0 Å². The molecule has 23 heavy (non-hydrogen) atoms. The van der Waals surface area contributed by atoms with E-state index in [-0.39, 0.29) is 12.3 Å². The second-order valence-electron chi connectivity index (χ2n) is 5.77. The van der Waals surface area contributed by atoms with Crippen LogP contribution in [0.15, 0.2) is 48.5 Å².